The number of hydrogen-bond acceptors (Lipinski definition) is 4. The summed E-state index contributed by atoms with van der Waals surface area (Å²) in [4.78, 5) is 30.7. The molecule has 4 rings (SSSR count). The molecular formula is C25H35N3O3. The fourth-order valence-electron chi connectivity index (χ4n) is 5.38. The molecule has 168 valence electrons. The van der Waals surface area contributed by atoms with Crippen molar-refractivity contribution >= 4 is 17.7 Å². The number of amides is 2. The lowest BCUT2D eigenvalue weighted by Gasteiger charge is -2.40. The molecule has 0 aromatic heterocycles. The zero-order valence-corrected chi connectivity index (χ0v) is 18.7. The molecule has 3 heterocycles. The summed E-state index contributed by atoms with van der Waals surface area (Å²) in [6.07, 6.45) is 3.71. The van der Waals surface area contributed by atoms with E-state index in [0.717, 1.165) is 70.6 Å². The first-order valence-electron chi connectivity index (χ1n) is 11.5. The molecule has 3 aliphatic rings. The van der Waals surface area contributed by atoms with Gasteiger partial charge in [0.25, 0.3) is 0 Å². The summed E-state index contributed by atoms with van der Waals surface area (Å²) in [6, 6.07) is 8.41. The maximum Gasteiger partial charge on any atom is 0.410 e. The highest BCUT2D eigenvalue weighted by Crippen LogP contribution is 2.47. The molecule has 2 amide bonds. The van der Waals surface area contributed by atoms with Crippen LogP contribution in [0.2, 0.25) is 0 Å². The van der Waals surface area contributed by atoms with Gasteiger partial charge in [-0.25, -0.2) is 4.79 Å². The van der Waals surface area contributed by atoms with Crippen molar-refractivity contribution in [2.75, 3.05) is 50.8 Å². The van der Waals surface area contributed by atoms with Gasteiger partial charge < -0.3 is 19.4 Å². The fraction of sp³-hybridized carbons (Fsp3) is 0.600. The Bertz CT molecular complexity index is 886. The van der Waals surface area contributed by atoms with Crippen LogP contribution in [0.4, 0.5) is 10.5 Å². The van der Waals surface area contributed by atoms with Gasteiger partial charge in [0.05, 0.1) is 0 Å². The number of benzene rings is 1. The van der Waals surface area contributed by atoms with Crippen LogP contribution < -0.4 is 4.90 Å². The van der Waals surface area contributed by atoms with Crippen LogP contribution in [0.5, 0.6) is 0 Å². The van der Waals surface area contributed by atoms with Gasteiger partial charge in [-0.05, 0) is 49.9 Å². The van der Waals surface area contributed by atoms with E-state index in [1.165, 1.54) is 5.56 Å². The van der Waals surface area contributed by atoms with Crippen molar-refractivity contribution in [3.8, 4) is 11.8 Å². The number of piperidine rings is 1. The van der Waals surface area contributed by atoms with Crippen LogP contribution in [0.15, 0.2) is 24.3 Å². The number of carbonyl (C=O) groups excluding carboxylic acids is 2. The number of nitrogens with zero attached hydrogens (tertiary/aromatic N) is 3. The van der Waals surface area contributed by atoms with Crippen LogP contribution in [-0.4, -0.2) is 67.7 Å². The van der Waals surface area contributed by atoms with Gasteiger partial charge in [0.15, 0.2) is 6.61 Å². The molecule has 0 bridgehead atoms. The molecule has 2 saturated heterocycles. The first-order chi connectivity index (χ1) is 15.0. The standard InChI is InChI=1S/C25H33N3O3.H2/c1-3-4-7-16-31-24(30)27-13-10-21(18-27)17-26-14-11-25(12-15-26)19-28(20(2)29)23-9-6-5-8-22(23)25;/h5-6,8-9,21H,3,10-19H2,1-2H3;1H/t21-;/m1./s1. The topological polar surface area (TPSA) is 53.1 Å². The third kappa shape index (κ3) is 4.57. The van der Waals surface area contributed by atoms with Crippen LogP contribution in [0.25, 0.3) is 0 Å². The largest absolute Gasteiger partial charge is 0.436 e. The molecule has 0 N–H and O–H groups in total. The smallest absolute Gasteiger partial charge is 0.410 e. The summed E-state index contributed by atoms with van der Waals surface area (Å²) >= 11 is 0. The first kappa shape index (κ1) is 21.7. The van der Waals surface area contributed by atoms with E-state index < -0.39 is 0 Å². The Kier molecular flexibility index (Phi) is 6.52. The molecule has 6 nitrogen and oxygen atoms in total. The molecule has 0 radical (unpaired) electrons. The average molecular weight is 426 g/mol. The summed E-state index contributed by atoms with van der Waals surface area (Å²) < 4.78 is 5.26. The predicted octanol–water partition coefficient (Wildman–Crippen LogP) is 3.50. The minimum Gasteiger partial charge on any atom is -0.436 e. The maximum absolute atomic E-state index is 12.2. The third-order valence-corrected chi connectivity index (χ3v) is 7.05. The van der Waals surface area contributed by atoms with Gasteiger partial charge in [0.1, 0.15) is 0 Å². The zero-order chi connectivity index (χ0) is 21.8. The van der Waals surface area contributed by atoms with Crippen LogP contribution in [-0.2, 0) is 14.9 Å². The zero-order valence-electron chi connectivity index (χ0n) is 18.7. The molecule has 1 aromatic carbocycles. The van der Waals surface area contributed by atoms with Crippen LogP contribution in [0, 0.1) is 17.8 Å². The van der Waals surface area contributed by atoms with E-state index in [2.05, 4.69) is 34.9 Å². The molecule has 6 heteroatoms. The molecule has 3 aliphatic heterocycles. The van der Waals surface area contributed by atoms with E-state index in [0.29, 0.717) is 5.92 Å². The van der Waals surface area contributed by atoms with E-state index in [1.807, 2.05) is 22.8 Å². The van der Waals surface area contributed by atoms with Crippen molar-refractivity contribution in [3.63, 3.8) is 0 Å². The van der Waals surface area contributed by atoms with Crippen molar-refractivity contribution in [1.29, 1.82) is 0 Å². The summed E-state index contributed by atoms with van der Waals surface area (Å²) in [5.74, 6) is 6.40. The second-order valence-electron chi connectivity index (χ2n) is 9.07. The van der Waals surface area contributed by atoms with E-state index >= 15 is 0 Å². The van der Waals surface area contributed by atoms with Gasteiger partial charge >= 0.3 is 6.09 Å². The summed E-state index contributed by atoms with van der Waals surface area (Å²) in [5, 5.41) is 0. The SMILES string of the molecule is CCC#CCOC(=O)N1CC[C@H](CN2CCC3(CC2)CN(C(C)=O)c2ccccc23)C1.[HH]. The molecule has 1 atom stereocenters. The van der Waals surface area contributed by atoms with Gasteiger partial charge in [-0.3, -0.25) is 4.79 Å². The summed E-state index contributed by atoms with van der Waals surface area (Å²) in [6.45, 7) is 9.26. The van der Waals surface area contributed by atoms with Crippen LogP contribution >= 0.6 is 0 Å². The fourth-order valence-corrected chi connectivity index (χ4v) is 5.38. The van der Waals surface area contributed by atoms with E-state index in [1.54, 1.807) is 6.92 Å². The Labute approximate surface area is 187 Å². The van der Waals surface area contributed by atoms with Gasteiger partial charge in [-0.15, -0.1) is 5.92 Å². The van der Waals surface area contributed by atoms with Crippen molar-refractivity contribution < 1.29 is 15.8 Å². The average Bonchev–Trinajstić information content (AvgIpc) is 3.37. The molecule has 0 unspecified atom stereocenters. The highest BCUT2D eigenvalue weighted by atomic mass is 16.6. The quantitative estimate of drug-likeness (QED) is 0.696. The third-order valence-electron chi connectivity index (χ3n) is 7.05. The highest BCUT2D eigenvalue weighted by molar-refractivity contribution is 5.94. The Morgan fingerprint density at radius 1 is 1.19 bits per heavy atom. The lowest BCUT2D eigenvalue weighted by Crippen LogP contribution is -2.47. The number of para-hydroxylation sites is 1. The Morgan fingerprint density at radius 3 is 2.71 bits per heavy atom. The van der Waals surface area contributed by atoms with Gasteiger partial charge in [-0.2, -0.15) is 0 Å². The number of anilines is 1. The molecular weight excluding hydrogens is 390 g/mol. The van der Waals surface area contributed by atoms with Gasteiger partial charge in [-0.1, -0.05) is 31.0 Å². The van der Waals surface area contributed by atoms with E-state index in [4.69, 9.17) is 4.74 Å². The van der Waals surface area contributed by atoms with Crippen LogP contribution in [0.3, 0.4) is 0 Å². The second kappa shape index (κ2) is 9.32. The van der Waals surface area contributed by atoms with Crippen molar-refractivity contribution in [2.45, 2.75) is 44.9 Å². The minimum atomic E-state index is -0.239. The van der Waals surface area contributed by atoms with E-state index in [9.17, 15) is 9.59 Å². The van der Waals surface area contributed by atoms with Crippen molar-refractivity contribution in [2.24, 2.45) is 5.92 Å². The lowest BCUT2D eigenvalue weighted by molar-refractivity contribution is -0.116. The van der Waals surface area contributed by atoms with Gasteiger partial charge in [0.2, 0.25) is 5.91 Å². The Hall–Kier alpha value is -2.52. The molecule has 2 fully saturated rings. The predicted molar refractivity (Wildman–Crippen MR) is 123 cm³/mol. The van der Waals surface area contributed by atoms with Crippen molar-refractivity contribution in [3.05, 3.63) is 29.8 Å². The second-order valence-corrected chi connectivity index (χ2v) is 9.07. The molecule has 31 heavy (non-hydrogen) atoms. The summed E-state index contributed by atoms with van der Waals surface area (Å²) in [7, 11) is 0. The molecule has 1 spiro atoms. The maximum atomic E-state index is 12.2. The summed E-state index contributed by atoms with van der Waals surface area (Å²) in [5.41, 5.74) is 2.52. The number of likely N-dealkylation sites (tertiary alicyclic amines) is 2. The van der Waals surface area contributed by atoms with Gasteiger partial charge in [0, 0.05) is 52.1 Å². The first-order valence-corrected chi connectivity index (χ1v) is 11.5. The van der Waals surface area contributed by atoms with E-state index in [-0.39, 0.29) is 25.4 Å². The molecule has 0 saturated carbocycles. The highest BCUT2D eigenvalue weighted by Gasteiger charge is 2.45. The number of carbonyl (C=O) groups is 2. The van der Waals surface area contributed by atoms with Crippen molar-refractivity contribution in [1.82, 2.24) is 9.80 Å². The Morgan fingerprint density at radius 2 is 1.97 bits per heavy atom. The monoisotopic (exact) mass is 425 g/mol. The normalized spacial score (nSPS) is 22.2. The molecule has 1 aromatic rings. The number of fused-ring (bicyclic) bond motifs is 2. The molecule has 0 aliphatic carbocycles. The lowest BCUT2D eigenvalue weighted by atomic mass is 9.74. The Balaban J connectivity index is 0.00000289. The number of hydrogen-bond donors (Lipinski definition) is 0. The minimum absolute atomic E-state index is 0. The van der Waals surface area contributed by atoms with Crippen LogP contribution in [0.1, 0.15) is 46.5 Å². The number of rotatable bonds is 3. The number of ether oxygens (including phenoxy) is 1.